The summed E-state index contributed by atoms with van der Waals surface area (Å²) >= 11 is 0. The van der Waals surface area contributed by atoms with E-state index in [9.17, 15) is 13.9 Å². The number of nitrogens with one attached hydrogen (secondary N) is 1. The van der Waals surface area contributed by atoms with Crippen molar-refractivity contribution in [2.45, 2.75) is 30.8 Å². The van der Waals surface area contributed by atoms with Crippen molar-refractivity contribution in [3.05, 3.63) is 41.7 Å². The third-order valence-electron chi connectivity index (χ3n) is 4.64. The Kier molecular flexibility index (Phi) is 5.43. The minimum atomic E-state index is -2.66. The highest BCUT2D eigenvalue weighted by atomic mass is 19.3. The van der Waals surface area contributed by atoms with E-state index >= 15 is 0 Å². The van der Waals surface area contributed by atoms with Crippen molar-refractivity contribution in [2.75, 3.05) is 27.4 Å². The third kappa shape index (κ3) is 3.81. The molecule has 6 nitrogen and oxygen atoms in total. The van der Waals surface area contributed by atoms with Crippen LogP contribution in [0.1, 0.15) is 29.6 Å². The van der Waals surface area contributed by atoms with E-state index in [1.807, 2.05) is 12.1 Å². The van der Waals surface area contributed by atoms with Crippen LogP contribution in [0.25, 0.3) is 0 Å². The highest BCUT2D eigenvalue weighted by molar-refractivity contribution is 5.44. The smallest absolute Gasteiger partial charge is 0.272 e. The largest absolute Gasteiger partial charge is 0.493 e. The van der Waals surface area contributed by atoms with Crippen molar-refractivity contribution >= 4 is 0 Å². The van der Waals surface area contributed by atoms with Gasteiger partial charge in [-0.25, -0.2) is 8.78 Å². The lowest BCUT2D eigenvalue weighted by atomic mass is 9.99. The molecule has 1 fully saturated rings. The number of benzene rings is 1. The van der Waals surface area contributed by atoms with E-state index in [2.05, 4.69) is 10.4 Å². The number of nitrogens with zero attached hydrogens (tertiary/aromatic N) is 2. The summed E-state index contributed by atoms with van der Waals surface area (Å²) in [4.78, 5) is 0. The Labute approximate surface area is 150 Å². The number of halogens is 2. The first-order valence-electron chi connectivity index (χ1n) is 8.44. The Morgan fingerprint density at radius 3 is 2.65 bits per heavy atom. The molecule has 2 aromatic rings. The molecule has 26 heavy (non-hydrogen) atoms. The summed E-state index contributed by atoms with van der Waals surface area (Å²) in [6, 6.07) is 6.39. The molecule has 2 atom stereocenters. The van der Waals surface area contributed by atoms with Gasteiger partial charge in [-0.05, 0) is 23.8 Å². The zero-order chi connectivity index (χ0) is 18.7. The van der Waals surface area contributed by atoms with Gasteiger partial charge in [0.05, 0.1) is 26.5 Å². The van der Waals surface area contributed by atoms with Gasteiger partial charge in [0.15, 0.2) is 11.5 Å². The molecule has 142 valence electrons. The Morgan fingerprint density at radius 1 is 1.31 bits per heavy atom. The minimum absolute atomic E-state index is 0.0531. The molecular formula is C18H23F2N3O3. The van der Waals surface area contributed by atoms with Crippen molar-refractivity contribution in [1.29, 1.82) is 0 Å². The Balaban J connectivity index is 1.61. The average molecular weight is 367 g/mol. The highest BCUT2D eigenvalue weighted by Crippen LogP contribution is 2.52. The van der Waals surface area contributed by atoms with E-state index in [-0.39, 0.29) is 18.9 Å². The Bertz CT molecular complexity index is 751. The molecule has 2 N–H and O–H groups in total. The van der Waals surface area contributed by atoms with Gasteiger partial charge in [0.1, 0.15) is 6.04 Å². The molecular weight excluding hydrogens is 344 g/mol. The van der Waals surface area contributed by atoms with Crippen molar-refractivity contribution in [3.8, 4) is 11.5 Å². The van der Waals surface area contributed by atoms with Crippen LogP contribution in [0.15, 0.2) is 30.5 Å². The van der Waals surface area contributed by atoms with Gasteiger partial charge in [0, 0.05) is 31.6 Å². The summed E-state index contributed by atoms with van der Waals surface area (Å²) < 4.78 is 38.4. The lowest BCUT2D eigenvalue weighted by molar-refractivity contribution is 0.0976. The minimum Gasteiger partial charge on any atom is -0.493 e. The second kappa shape index (κ2) is 7.59. The van der Waals surface area contributed by atoms with Gasteiger partial charge in [-0.3, -0.25) is 4.68 Å². The number of aromatic nitrogens is 2. The fraction of sp³-hybridized carbons (Fsp3) is 0.500. The molecule has 3 rings (SSSR count). The van der Waals surface area contributed by atoms with Crippen LogP contribution in [-0.4, -0.2) is 48.2 Å². The molecule has 1 saturated carbocycles. The fourth-order valence-corrected chi connectivity index (χ4v) is 3.00. The lowest BCUT2D eigenvalue weighted by Crippen LogP contribution is -2.25. The van der Waals surface area contributed by atoms with Crippen LogP contribution in [0.2, 0.25) is 0 Å². The molecule has 0 radical (unpaired) electrons. The number of ether oxygens (including phenoxy) is 2. The molecule has 8 heteroatoms. The highest BCUT2D eigenvalue weighted by Gasteiger charge is 2.59. The zero-order valence-corrected chi connectivity index (χ0v) is 14.8. The van der Waals surface area contributed by atoms with Gasteiger partial charge in [-0.15, -0.1) is 0 Å². The van der Waals surface area contributed by atoms with Crippen molar-refractivity contribution in [3.63, 3.8) is 0 Å². The summed E-state index contributed by atoms with van der Waals surface area (Å²) in [6.07, 6.45) is 1.37. The topological polar surface area (TPSA) is 68.5 Å². The van der Waals surface area contributed by atoms with E-state index in [0.717, 1.165) is 5.56 Å². The molecule has 0 amide bonds. The molecule has 0 bridgehead atoms. The molecule has 1 aliphatic rings. The molecule has 0 aliphatic heterocycles. The summed E-state index contributed by atoms with van der Waals surface area (Å²) in [5.41, 5.74) is 1.61. The zero-order valence-electron chi connectivity index (χ0n) is 14.8. The number of hydrogen-bond donors (Lipinski definition) is 2. The molecule has 0 spiro atoms. The van der Waals surface area contributed by atoms with Gasteiger partial charge >= 0.3 is 0 Å². The number of alkyl halides is 2. The number of aliphatic hydroxyl groups excluding tert-OH is 1. The summed E-state index contributed by atoms with van der Waals surface area (Å²) in [5, 5.41) is 16.9. The fourth-order valence-electron chi connectivity index (χ4n) is 3.00. The van der Waals surface area contributed by atoms with Crippen molar-refractivity contribution < 1.29 is 23.4 Å². The van der Waals surface area contributed by atoms with E-state index < -0.39 is 12.0 Å². The lowest BCUT2D eigenvalue weighted by Gasteiger charge is -2.18. The second-order valence-corrected chi connectivity index (χ2v) is 6.37. The van der Waals surface area contributed by atoms with Crippen LogP contribution in [0.3, 0.4) is 0 Å². The maximum Gasteiger partial charge on any atom is 0.272 e. The first-order chi connectivity index (χ1) is 12.5. The number of methoxy groups -OCH3 is 2. The number of rotatable bonds is 9. The molecule has 1 aromatic carbocycles. The van der Waals surface area contributed by atoms with Gasteiger partial charge < -0.3 is 19.9 Å². The first-order valence-corrected chi connectivity index (χ1v) is 8.44. The van der Waals surface area contributed by atoms with Gasteiger partial charge in [-0.2, -0.15) is 5.10 Å². The maximum atomic E-state index is 13.3. The second-order valence-electron chi connectivity index (χ2n) is 6.37. The van der Waals surface area contributed by atoms with E-state index in [0.29, 0.717) is 30.3 Å². The van der Waals surface area contributed by atoms with Crippen LogP contribution in [-0.2, 0) is 6.54 Å². The van der Waals surface area contributed by atoms with Crippen molar-refractivity contribution in [1.82, 2.24) is 15.1 Å². The van der Waals surface area contributed by atoms with Gasteiger partial charge in [0.25, 0.3) is 5.92 Å². The monoisotopic (exact) mass is 367 g/mol. The number of hydrogen-bond acceptors (Lipinski definition) is 5. The summed E-state index contributed by atoms with van der Waals surface area (Å²) in [5.74, 6) is -1.60. The predicted octanol–water partition coefficient (Wildman–Crippen LogP) is 2.35. The normalized spacial score (nSPS) is 19.2. The summed E-state index contributed by atoms with van der Waals surface area (Å²) in [6.45, 7) is 0.830. The van der Waals surface area contributed by atoms with Crippen LogP contribution in [0.4, 0.5) is 8.78 Å². The van der Waals surface area contributed by atoms with Crippen LogP contribution in [0, 0.1) is 0 Å². The van der Waals surface area contributed by atoms with E-state index in [1.165, 1.54) is 10.9 Å². The van der Waals surface area contributed by atoms with E-state index in [4.69, 9.17) is 9.47 Å². The average Bonchev–Trinajstić information content (AvgIpc) is 3.05. The van der Waals surface area contributed by atoms with Gasteiger partial charge in [0.2, 0.25) is 0 Å². The molecule has 1 aliphatic carbocycles. The Morgan fingerprint density at radius 2 is 2.04 bits per heavy atom. The van der Waals surface area contributed by atoms with Gasteiger partial charge in [-0.1, -0.05) is 6.07 Å². The molecule has 0 saturated heterocycles. The SMILES string of the molecule is COc1ccc(C(CO)CNCc2ccnn2C2CC2(F)F)cc1OC. The number of aliphatic hydroxyl groups is 1. The van der Waals surface area contributed by atoms with Crippen LogP contribution < -0.4 is 14.8 Å². The molecule has 1 heterocycles. The predicted molar refractivity (Wildman–Crippen MR) is 91.9 cm³/mol. The summed E-state index contributed by atoms with van der Waals surface area (Å²) in [7, 11) is 3.12. The van der Waals surface area contributed by atoms with E-state index in [1.54, 1.807) is 26.4 Å². The van der Waals surface area contributed by atoms with Crippen molar-refractivity contribution in [2.24, 2.45) is 0 Å². The standard InChI is InChI=1S/C18H23F2N3O3/c1-25-15-4-3-12(7-16(15)26-2)13(11-24)9-21-10-14-5-6-22-23(14)17-8-18(17,19)20/h3-7,13,17,21,24H,8-11H2,1-2H3. The quantitative estimate of drug-likeness (QED) is 0.712. The molecule has 1 aromatic heterocycles. The van der Waals surface area contributed by atoms with Crippen LogP contribution in [0.5, 0.6) is 11.5 Å². The Hall–Kier alpha value is -2.19. The third-order valence-corrected chi connectivity index (χ3v) is 4.64. The first kappa shape index (κ1) is 18.6. The maximum absolute atomic E-state index is 13.3. The molecule has 2 unspecified atom stereocenters. The van der Waals surface area contributed by atoms with Crippen LogP contribution >= 0.6 is 0 Å².